The first-order valence-electron chi connectivity index (χ1n) is 9.45. The monoisotopic (exact) mass is 430 g/mol. The molecule has 0 unspecified atom stereocenters. The van der Waals surface area contributed by atoms with Crippen LogP contribution < -0.4 is 14.8 Å². The van der Waals surface area contributed by atoms with E-state index in [0.29, 0.717) is 22.2 Å². The van der Waals surface area contributed by atoms with Crippen LogP contribution in [-0.2, 0) is 14.8 Å². The number of benzene rings is 2. The molecule has 0 aliphatic carbocycles. The van der Waals surface area contributed by atoms with Crippen LogP contribution in [0, 0.1) is 0 Å². The number of carbonyl (C=O) groups excluding carboxylic acids is 2. The van der Waals surface area contributed by atoms with Crippen LogP contribution in [0.15, 0.2) is 47.4 Å². The summed E-state index contributed by atoms with van der Waals surface area (Å²) < 4.78 is 37.2. The second kappa shape index (κ2) is 7.02. The van der Waals surface area contributed by atoms with Gasteiger partial charge in [-0.2, -0.15) is 0 Å². The SMILES string of the molecule is COc1ccc2c(c1)OC(C)(C)C[C@H]2NC(=O)CN1C(=O)c2ccccc2S1(=O)=O. The molecule has 8 nitrogen and oxygen atoms in total. The van der Waals surface area contributed by atoms with Crippen molar-refractivity contribution >= 4 is 21.8 Å². The Morgan fingerprint density at radius 2 is 2.00 bits per heavy atom. The number of ether oxygens (including phenoxy) is 2. The predicted octanol–water partition coefficient (Wildman–Crippen LogP) is 2.26. The Labute approximate surface area is 174 Å². The molecule has 2 heterocycles. The van der Waals surface area contributed by atoms with Gasteiger partial charge in [-0.25, -0.2) is 12.7 Å². The van der Waals surface area contributed by atoms with Gasteiger partial charge in [-0.3, -0.25) is 9.59 Å². The highest BCUT2D eigenvalue weighted by Gasteiger charge is 2.42. The quantitative estimate of drug-likeness (QED) is 0.798. The van der Waals surface area contributed by atoms with Crippen molar-refractivity contribution in [2.45, 2.75) is 36.8 Å². The first-order chi connectivity index (χ1) is 14.1. The summed E-state index contributed by atoms with van der Waals surface area (Å²) in [6.45, 7) is 3.22. The lowest BCUT2D eigenvalue weighted by Gasteiger charge is -2.38. The van der Waals surface area contributed by atoms with Gasteiger partial charge in [0.25, 0.3) is 15.9 Å². The van der Waals surface area contributed by atoms with Crippen LogP contribution in [-0.4, -0.2) is 43.8 Å². The Morgan fingerprint density at radius 3 is 2.70 bits per heavy atom. The summed E-state index contributed by atoms with van der Waals surface area (Å²) >= 11 is 0. The average Bonchev–Trinajstić information content (AvgIpc) is 2.87. The minimum absolute atomic E-state index is 0.0764. The zero-order chi connectivity index (χ0) is 21.7. The van der Waals surface area contributed by atoms with Gasteiger partial charge < -0.3 is 14.8 Å². The van der Waals surface area contributed by atoms with Gasteiger partial charge in [-0.15, -0.1) is 0 Å². The molecule has 9 heteroatoms. The summed E-state index contributed by atoms with van der Waals surface area (Å²) in [6, 6.07) is 10.9. The van der Waals surface area contributed by atoms with Gasteiger partial charge in [-0.05, 0) is 38.1 Å². The fourth-order valence-corrected chi connectivity index (χ4v) is 5.37. The fraction of sp³-hybridized carbons (Fsp3) is 0.333. The normalized spacial score (nSPS) is 20.7. The molecule has 158 valence electrons. The molecular weight excluding hydrogens is 408 g/mol. The lowest BCUT2D eigenvalue weighted by molar-refractivity contribution is -0.122. The van der Waals surface area contributed by atoms with E-state index in [1.165, 1.54) is 12.1 Å². The summed E-state index contributed by atoms with van der Waals surface area (Å²) in [7, 11) is -2.49. The van der Waals surface area contributed by atoms with Gasteiger partial charge in [0.15, 0.2) is 0 Å². The Hall–Kier alpha value is -3.07. The van der Waals surface area contributed by atoms with E-state index in [4.69, 9.17) is 9.47 Å². The Balaban J connectivity index is 1.56. The highest BCUT2D eigenvalue weighted by molar-refractivity contribution is 7.90. The lowest BCUT2D eigenvalue weighted by atomic mass is 9.89. The molecule has 4 rings (SSSR count). The van der Waals surface area contributed by atoms with E-state index < -0.39 is 40.0 Å². The molecule has 2 amide bonds. The van der Waals surface area contributed by atoms with Crippen molar-refractivity contribution < 1.29 is 27.5 Å². The minimum atomic E-state index is -4.04. The van der Waals surface area contributed by atoms with E-state index in [-0.39, 0.29) is 10.5 Å². The van der Waals surface area contributed by atoms with Crippen LogP contribution in [0.5, 0.6) is 11.5 Å². The third-order valence-electron chi connectivity index (χ3n) is 5.21. The van der Waals surface area contributed by atoms with Gasteiger partial charge in [0.2, 0.25) is 5.91 Å². The number of hydrogen-bond acceptors (Lipinski definition) is 6. The molecule has 0 saturated carbocycles. The molecule has 2 aromatic rings. The third-order valence-corrected chi connectivity index (χ3v) is 7.00. The van der Waals surface area contributed by atoms with Crippen molar-refractivity contribution in [2.75, 3.05) is 13.7 Å². The molecule has 0 spiro atoms. The summed E-state index contributed by atoms with van der Waals surface area (Å²) in [5.41, 5.74) is 0.292. The highest BCUT2D eigenvalue weighted by atomic mass is 32.2. The molecule has 2 aliphatic heterocycles. The van der Waals surface area contributed by atoms with Gasteiger partial charge in [-0.1, -0.05) is 12.1 Å². The zero-order valence-corrected chi connectivity index (χ0v) is 17.7. The summed E-state index contributed by atoms with van der Waals surface area (Å²) in [5.74, 6) is -0.0429. The van der Waals surface area contributed by atoms with Crippen molar-refractivity contribution in [1.29, 1.82) is 0 Å². The Kier molecular flexibility index (Phi) is 4.73. The van der Waals surface area contributed by atoms with Crippen LogP contribution in [0.2, 0.25) is 0 Å². The number of sulfonamides is 1. The van der Waals surface area contributed by atoms with E-state index >= 15 is 0 Å². The molecule has 0 saturated heterocycles. The molecule has 0 bridgehead atoms. The van der Waals surface area contributed by atoms with Crippen LogP contribution in [0.3, 0.4) is 0 Å². The van der Waals surface area contributed by atoms with Gasteiger partial charge in [0, 0.05) is 18.1 Å². The summed E-state index contributed by atoms with van der Waals surface area (Å²) in [4.78, 5) is 25.2. The van der Waals surface area contributed by atoms with E-state index in [9.17, 15) is 18.0 Å². The number of amides is 2. The topological polar surface area (TPSA) is 102 Å². The number of hydrogen-bond donors (Lipinski definition) is 1. The molecule has 0 fully saturated rings. The molecule has 0 aromatic heterocycles. The van der Waals surface area contributed by atoms with Gasteiger partial charge in [0.05, 0.1) is 18.7 Å². The standard InChI is InChI=1S/C21H22N2O6S/c1-21(2)11-16(14-9-8-13(28-3)10-17(14)29-21)22-19(24)12-23-20(25)15-6-4-5-7-18(15)30(23,26)27/h4-10,16H,11-12H2,1-3H3,(H,22,24)/t16-/m1/s1. The van der Waals surface area contributed by atoms with Crippen LogP contribution in [0.1, 0.15) is 42.2 Å². The molecule has 2 aliphatic rings. The third kappa shape index (κ3) is 3.39. The number of carbonyl (C=O) groups is 2. The first kappa shape index (κ1) is 20.2. The largest absolute Gasteiger partial charge is 0.497 e. The van der Waals surface area contributed by atoms with Crippen molar-refractivity contribution in [1.82, 2.24) is 9.62 Å². The van der Waals surface area contributed by atoms with Crippen LogP contribution in [0.4, 0.5) is 0 Å². The average molecular weight is 430 g/mol. The second-order valence-electron chi connectivity index (χ2n) is 7.90. The van der Waals surface area contributed by atoms with Crippen molar-refractivity contribution in [2.24, 2.45) is 0 Å². The predicted molar refractivity (Wildman–Crippen MR) is 108 cm³/mol. The maximum absolute atomic E-state index is 12.8. The van der Waals surface area contributed by atoms with Crippen molar-refractivity contribution in [3.8, 4) is 11.5 Å². The van der Waals surface area contributed by atoms with Gasteiger partial charge >= 0.3 is 0 Å². The molecule has 0 radical (unpaired) electrons. The smallest absolute Gasteiger partial charge is 0.269 e. The molecular formula is C21H22N2O6S. The van der Waals surface area contributed by atoms with Gasteiger partial charge in [0.1, 0.15) is 28.5 Å². The molecule has 2 aromatic carbocycles. The number of methoxy groups -OCH3 is 1. The van der Waals surface area contributed by atoms with Crippen molar-refractivity contribution in [3.05, 3.63) is 53.6 Å². The lowest BCUT2D eigenvalue weighted by Crippen LogP contribution is -2.45. The van der Waals surface area contributed by atoms with Crippen LogP contribution >= 0.6 is 0 Å². The second-order valence-corrected chi connectivity index (χ2v) is 9.73. The van der Waals surface area contributed by atoms with Crippen LogP contribution in [0.25, 0.3) is 0 Å². The number of nitrogens with one attached hydrogen (secondary N) is 1. The van der Waals surface area contributed by atoms with E-state index in [1.54, 1.807) is 31.4 Å². The number of rotatable bonds is 4. The first-order valence-corrected chi connectivity index (χ1v) is 10.9. The van der Waals surface area contributed by atoms with Crippen molar-refractivity contribution in [3.63, 3.8) is 0 Å². The summed E-state index contributed by atoms with van der Waals surface area (Å²) in [5, 5.41) is 2.86. The van der Waals surface area contributed by atoms with E-state index in [0.717, 1.165) is 5.56 Å². The van der Waals surface area contributed by atoms with E-state index in [2.05, 4.69) is 5.32 Å². The zero-order valence-electron chi connectivity index (χ0n) is 16.8. The maximum Gasteiger partial charge on any atom is 0.269 e. The minimum Gasteiger partial charge on any atom is -0.497 e. The molecule has 30 heavy (non-hydrogen) atoms. The van der Waals surface area contributed by atoms with E-state index in [1.807, 2.05) is 19.9 Å². The molecule has 1 atom stereocenters. The highest BCUT2D eigenvalue weighted by Crippen LogP contribution is 2.41. The molecule has 1 N–H and O–H groups in total. The fourth-order valence-electron chi connectivity index (χ4n) is 3.85. The number of fused-ring (bicyclic) bond motifs is 2. The number of nitrogens with zero attached hydrogens (tertiary/aromatic N) is 1. The Morgan fingerprint density at radius 1 is 1.27 bits per heavy atom. The Bertz CT molecular complexity index is 1140. The summed E-state index contributed by atoms with van der Waals surface area (Å²) in [6.07, 6.45) is 0.485. The maximum atomic E-state index is 12.8.